The molecule has 19 heavy (non-hydrogen) atoms. The Hall–Kier alpha value is -1.98. The monoisotopic (exact) mass is 268 g/mol. The first-order valence-corrected chi connectivity index (χ1v) is 5.94. The van der Waals surface area contributed by atoms with Gasteiger partial charge in [0.2, 0.25) is 11.8 Å². The topological polar surface area (TPSA) is 49.4 Å². The van der Waals surface area contributed by atoms with E-state index in [4.69, 9.17) is 0 Å². The molecule has 0 unspecified atom stereocenters. The SMILES string of the molecule is CC(=O)N1CC(C(=O)NCc2ccc(F)cc2F)C1. The molecule has 4 nitrogen and oxygen atoms in total. The number of hydrogen-bond donors (Lipinski definition) is 1. The predicted octanol–water partition coefficient (Wildman–Crippen LogP) is 1.06. The van der Waals surface area contributed by atoms with E-state index < -0.39 is 11.6 Å². The zero-order chi connectivity index (χ0) is 14.0. The average molecular weight is 268 g/mol. The third-order valence-corrected chi connectivity index (χ3v) is 3.17. The number of nitrogens with zero attached hydrogens (tertiary/aromatic N) is 1. The van der Waals surface area contributed by atoms with Gasteiger partial charge in [0.1, 0.15) is 11.6 Å². The lowest BCUT2D eigenvalue weighted by Crippen LogP contribution is -2.55. The maximum absolute atomic E-state index is 13.3. The zero-order valence-electron chi connectivity index (χ0n) is 10.5. The van der Waals surface area contributed by atoms with Crippen LogP contribution in [-0.2, 0) is 16.1 Å². The highest BCUT2D eigenvalue weighted by atomic mass is 19.1. The maximum atomic E-state index is 13.3. The van der Waals surface area contributed by atoms with Crippen LogP contribution in [0.3, 0.4) is 0 Å². The normalized spacial score (nSPS) is 15.0. The molecule has 1 N–H and O–H groups in total. The van der Waals surface area contributed by atoms with Gasteiger partial charge in [-0.15, -0.1) is 0 Å². The van der Waals surface area contributed by atoms with Crippen LogP contribution in [0.25, 0.3) is 0 Å². The molecule has 6 heteroatoms. The molecule has 1 saturated heterocycles. The molecule has 1 aromatic carbocycles. The number of benzene rings is 1. The zero-order valence-corrected chi connectivity index (χ0v) is 10.5. The van der Waals surface area contributed by atoms with Gasteiger partial charge in [0, 0.05) is 38.2 Å². The largest absolute Gasteiger partial charge is 0.352 e. The fourth-order valence-electron chi connectivity index (χ4n) is 1.89. The Bertz CT molecular complexity index is 513. The smallest absolute Gasteiger partial charge is 0.226 e. The molecule has 0 spiro atoms. The van der Waals surface area contributed by atoms with Crippen LogP contribution in [0.5, 0.6) is 0 Å². The molecule has 0 atom stereocenters. The predicted molar refractivity (Wildman–Crippen MR) is 63.9 cm³/mol. The molecule has 0 saturated carbocycles. The molecule has 0 radical (unpaired) electrons. The van der Waals surface area contributed by atoms with Crippen molar-refractivity contribution in [2.75, 3.05) is 13.1 Å². The number of likely N-dealkylation sites (tertiary alicyclic amines) is 1. The highest BCUT2D eigenvalue weighted by Crippen LogP contribution is 2.16. The van der Waals surface area contributed by atoms with Crippen molar-refractivity contribution in [2.24, 2.45) is 5.92 Å². The van der Waals surface area contributed by atoms with E-state index in [2.05, 4.69) is 5.32 Å². The van der Waals surface area contributed by atoms with E-state index in [1.165, 1.54) is 13.0 Å². The summed E-state index contributed by atoms with van der Waals surface area (Å²) in [6, 6.07) is 3.22. The highest BCUT2D eigenvalue weighted by Gasteiger charge is 2.33. The third-order valence-electron chi connectivity index (χ3n) is 3.17. The summed E-state index contributed by atoms with van der Waals surface area (Å²) in [6.45, 7) is 2.25. The maximum Gasteiger partial charge on any atom is 0.226 e. The van der Waals surface area contributed by atoms with Crippen LogP contribution in [0.15, 0.2) is 18.2 Å². The molecule has 0 bridgehead atoms. The van der Waals surface area contributed by atoms with Gasteiger partial charge in [-0.3, -0.25) is 9.59 Å². The number of hydrogen-bond acceptors (Lipinski definition) is 2. The molecule has 1 aliphatic heterocycles. The van der Waals surface area contributed by atoms with Gasteiger partial charge in [-0.25, -0.2) is 8.78 Å². The van der Waals surface area contributed by atoms with E-state index in [1.54, 1.807) is 4.90 Å². The minimum absolute atomic E-state index is 0.0154. The van der Waals surface area contributed by atoms with Crippen molar-refractivity contribution in [3.05, 3.63) is 35.4 Å². The van der Waals surface area contributed by atoms with Crippen molar-refractivity contribution in [2.45, 2.75) is 13.5 Å². The van der Waals surface area contributed by atoms with Gasteiger partial charge in [0.15, 0.2) is 0 Å². The van der Waals surface area contributed by atoms with E-state index >= 15 is 0 Å². The molecule has 1 aliphatic rings. The molecule has 1 heterocycles. The minimum atomic E-state index is -0.681. The Morgan fingerprint density at radius 1 is 1.37 bits per heavy atom. The lowest BCUT2D eigenvalue weighted by atomic mass is 9.99. The van der Waals surface area contributed by atoms with Crippen LogP contribution >= 0.6 is 0 Å². The van der Waals surface area contributed by atoms with Crippen molar-refractivity contribution in [1.29, 1.82) is 0 Å². The summed E-state index contributed by atoms with van der Waals surface area (Å²) in [7, 11) is 0. The van der Waals surface area contributed by atoms with Crippen LogP contribution in [-0.4, -0.2) is 29.8 Å². The van der Waals surface area contributed by atoms with Crippen LogP contribution < -0.4 is 5.32 Å². The Labute approximate surface area is 109 Å². The van der Waals surface area contributed by atoms with Crippen molar-refractivity contribution in [1.82, 2.24) is 10.2 Å². The Kier molecular flexibility index (Phi) is 3.78. The van der Waals surface area contributed by atoms with Gasteiger partial charge in [0.25, 0.3) is 0 Å². The molecule has 1 fully saturated rings. The second-order valence-electron chi connectivity index (χ2n) is 4.57. The molecular weight excluding hydrogens is 254 g/mol. The second-order valence-corrected chi connectivity index (χ2v) is 4.57. The number of nitrogens with one attached hydrogen (secondary N) is 1. The number of rotatable bonds is 3. The fraction of sp³-hybridized carbons (Fsp3) is 0.385. The lowest BCUT2D eigenvalue weighted by molar-refractivity contribution is -0.141. The van der Waals surface area contributed by atoms with Crippen LogP contribution in [0.4, 0.5) is 8.78 Å². The van der Waals surface area contributed by atoms with E-state index in [0.717, 1.165) is 12.1 Å². The summed E-state index contributed by atoms with van der Waals surface area (Å²) in [5.41, 5.74) is 0.234. The standard InChI is InChI=1S/C13H14F2N2O2/c1-8(18)17-6-10(7-17)13(19)16-5-9-2-3-11(14)4-12(9)15/h2-4,10H,5-7H2,1H3,(H,16,19). The first-order valence-electron chi connectivity index (χ1n) is 5.94. The number of amides is 2. The summed E-state index contributed by atoms with van der Waals surface area (Å²) in [5, 5.41) is 2.58. The number of halogens is 2. The average Bonchev–Trinajstić information content (AvgIpc) is 2.25. The van der Waals surface area contributed by atoms with E-state index in [-0.39, 0.29) is 29.8 Å². The van der Waals surface area contributed by atoms with E-state index in [9.17, 15) is 18.4 Å². The third kappa shape index (κ3) is 3.07. The summed E-state index contributed by atoms with van der Waals surface area (Å²) in [4.78, 5) is 24.2. The first-order chi connectivity index (χ1) is 8.97. The molecule has 1 aromatic rings. The Balaban J connectivity index is 1.83. The molecular formula is C13H14F2N2O2. The molecule has 2 rings (SSSR count). The van der Waals surface area contributed by atoms with Crippen molar-refractivity contribution >= 4 is 11.8 Å². The summed E-state index contributed by atoms with van der Waals surface area (Å²) in [5.74, 6) is -1.86. The van der Waals surface area contributed by atoms with E-state index in [1.807, 2.05) is 0 Å². The number of carbonyl (C=O) groups excluding carboxylic acids is 2. The van der Waals surface area contributed by atoms with Crippen molar-refractivity contribution in [3.63, 3.8) is 0 Å². The lowest BCUT2D eigenvalue weighted by Gasteiger charge is -2.37. The molecule has 0 aromatic heterocycles. The van der Waals surface area contributed by atoms with Crippen LogP contribution in [0, 0.1) is 17.6 Å². The minimum Gasteiger partial charge on any atom is -0.352 e. The van der Waals surface area contributed by atoms with E-state index in [0.29, 0.717) is 13.1 Å². The van der Waals surface area contributed by atoms with Gasteiger partial charge < -0.3 is 10.2 Å². The molecule has 2 amide bonds. The summed E-state index contributed by atoms with van der Waals surface area (Å²) >= 11 is 0. The highest BCUT2D eigenvalue weighted by molar-refractivity contribution is 5.83. The van der Waals surface area contributed by atoms with Crippen LogP contribution in [0.1, 0.15) is 12.5 Å². The Morgan fingerprint density at radius 2 is 2.05 bits per heavy atom. The quantitative estimate of drug-likeness (QED) is 0.891. The van der Waals surface area contributed by atoms with Crippen LogP contribution in [0.2, 0.25) is 0 Å². The fourth-order valence-corrected chi connectivity index (χ4v) is 1.89. The summed E-state index contributed by atoms with van der Waals surface area (Å²) < 4.78 is 26.0. The van der Waals surface area contributed by atoms with Crippen molar-refractivity contribution < 1.29 is 18.4 Å². The molecule has 0 aliphatic carbocycles. The van der Waals surface area contributed by atoms with Gasteiger partial charge >= 0.3 is 0 Å². The second kappa shape index (κ2) is 5.34. The van der Waals surface area contributed by atoms with Gasteiger partial charge in [0.05, 0.1) is 5.92 Å². The number of carbonyl (C=O) groups is 2. The summed E-state index contributed by atoms with van der Waals surface area (Å²) in [6.07, 6.45) is 0. The van der Waals surface area contributed by atoms with Gasteiger partial charge in [-0.1, -0.05) is 6.07 Å². The molecule has 102 valence electrons. The Morgan fingerprint density at radius 3 is 2.63 bits per heavy atom. The van der Waals surface area contributed by atoms with Gasteiger partial charge in [-0.05, 0) is 6.07 Å². The van der Waals surface area contributed by atoms with Crippen molar-refractivity contribution in [3.8, 4) is 0 Å². The first kappa shape index (κ1) is 13.5. The van der Waals surface area contributed by atoms with Gasteiger partial charge in [-0.2, -0.15) is 0 Å².